The minimum atomic E-state index is -0.594. The summed E-state index contributed by atoms with van der Waals surface area (Å²) in [6, 6.07) is 13.2. The zero-order valence-corrected chi connectivity index (χ0v) is 17.5. The third-order valence-electron chi connectivity index (χ3n) is 5.42. The van der Waals surface area contributed by atoms with Crippen LogP contribution in [0.15, 0.2) is 66.0 Å². The van der Waals surface area contributed by atoms with Crippen LogP contribution in [0.5, 0.6) is 0 Å². The maximum Gasteiger partial charge on any atom is 0.269 e. The zero-order chi connectivity index (χ0) is 22.2. The number of anilines is 1. The van der Waals surface area contributed by atoms with Crippen LogP contribution >= 0.6 is 0 Å². The SMILES string of the molecule is CC[C@H](Nc1ncnc2c1ncn2C)c1nc2cccc(F)c2c(=O)n1-c1ccccc1. The van der Waals surface area contributed by atoms with Gasteiger partial charge >= 0.3 is 0 Å². The second-order valence-corrected chi connectivity index (χ2v) is 7.44. The standard InChI is InChI=1S/C23H20FN7O/c1-3-16(28-20-19-22(26-12-25-20)30(2)13-27-19)21-29-17-11-7-10-15(24)18(17)23(32)31(21)14-8-5-4-6-9-14/h4-13,16H,3H2,1-2H3,(H,25,26,28)/t16-/m0/s1. The number of imidazole rings is 1. The fourth-order valence-corrected chi connectivity index (χ4v) is 3.83. The molecule has 3 aromatic heterocycles. The minimum absolute atomic E-state index is 0.0379. The van der Waals surface area contributed by atoms with Crippen LogP contribution in [-0.2, 0) is 7.05 Å². The zero-order valence-electron chi connectivity index (χ0n) is 17.5. The van der Waals surface area contributed by atoms with Crippen molar-refractivity contribution in [1.29, 1.82) is 0 Å². The smallest absolute Gasteiger partial charge is 0.269 e. The van der Waals surface area contributed by atoms with Crippen LogP contribution in [0.1, 0.15) is 25.2 Å². The molecule has 0 fully saturated rings. The van der Waals surface area contributed by atoms with E-state index >= 15 is 0 Å². The summed E-state index contributed by atoms with van der Waals surface area (Å²) in [6.07, 6.45) is 3.73. The van der Waals surface area contributed by atoms with Crippen molar-refractivity contribution in [2.75, 3.05) is 5.32 Å². The molecule has 2 aromatic carbocycles. The summed E-state index contributed by atoms with van der Waals surface area (Å²) in [6.45, 7) is 1.98. The Morgan fingerprint density at radius 2 is 1.88 bits per heavy atom. The Morgan fingerprint density at radius 3 is 2.66 bits per heavy atom. The van der Waals surface area contributed by atoms with E-state index in [1.807, 2.05) is 32.2 Å². The number of para-hydroxylation sites is 1. The highest BCUT2D eigenvalue weighted by Crippen LogP contribution is 2.26. The van der Waals surface area contributed by atoms with Gasteiger partial charge in [0.15, 0.2) is 11.5 Å². The summed E-state index contributed by atoms with van der Waals surface area (Å²) in [7, 11) is 1.86. The Bertz CT molecular complexity index is 1490. The van der Waals surface area contributed by atoms with E-state index in [0.29, 0.717) is 40.4 Å². The lowest BCUT2D eigenvalue weighted by molar-refractivity contribution is 0.630. The molecular weight excluding hydrogens is 409 g/mol. The van der Waals surface area contributed by atoms with Gasteiger partial charge in [0.1, 0.15) is 28.9 Å². The number of halogens is 1. The number of aryl methyl sites for hydroxylation is 1. The molecular formula is C23H20FN7O. The van der Waals surface area contributed by atoms with Crippen molar-refractivity contribution < 1.29 is 4.39 Å². The summed E-state index contributed by atoms with van der Waals surface area (Å²) < 4.78 is 17.9. The second kappa shape index (κ2) is 7.84. The monoisotopic (exact) mass is 429 g/mol. The Hall–Kier alpha value is -4.14. The Kier molecular flexibility index (Phi) is 4.85. The summed E-state index contributed by atoms with van der Waals surface area (Å²) in [5.41, 5.74) is 1.76. The molecule has 0 aliphatic carbocycles. The minimum Gasteiger partial charge on any atom is -0.358 e. The number of benzene rings is 2. The van der Waals surface area contributed by atoms with Gasteiger partial charge in [0.05, 0.1) is 23.6 Å². The summed E-state index contributed by atoms with van der Waals surface area (Å²) >= 11 is 0. The average molecular weight is 429 g/mol. The van der Waals surface area contributed by atoms with Crippen molar-refractivity contribution in [2.24, 2.45) is 7.05 Å². The topological polar surface area (TPSA) is 90.5 Å². The predicted octanol–water partition coefficient (Wildman–Crippen LogP) is 3.76. The maximum absolute atomic E-state index is 14.6. The molecule has 1 N–H and O–H groups in total. The fourth-order valence-electron chi connectivity index (χ4n) is 3.83. The van der Waals surface area contributed by atoms with Gasteiger partial charge in [0, 0.05) is 7.05 Å². The number of nitrogens with one attached hydrogen (secondary N) is 1. The van der Waals surface area contributed by atoms with Gasteiger partial charge in [-0.1, -0.05) is 31.2 Å². The third kappa shape index (κ3) is 3.18. The lowest BCUT2D eigenvalue weighted by Crippen LogP contribution is -2.28. The van der Waals surface area contributed by atoms with Crippen LogP contribution in [0, 0.1) is 5.82 Å². The van der Waals surface area contributed by atoms with E-state index in [-0.39, 0.29) is 5.39 Å². The van der Waals surface area contributed by atoms with Gasteiger partial charge in [-0.3, -0.25) is 9.36 Å². The van der Waals surface area contributed by atoms with Gasteiger partial charge in [-0.05, 0) is 30.7 Å². The second-order valence-electron chi connectivity index (χ2n) is 7.44. The first kappa shape index (κ1) is 19.8. The van der Waals surface area contributed by atoms with Gasteiger partial charge in [-0.2, -0.15) is 0 Å². The molecule has 5 rings (SSSR count). The molecule has 5 aromatic rings. The van der Waals surface area contributed by atoms with E-state index in [0.717, 1.165) is 0 Å². The van der Waals surface area contributed by atoms with E-state index in [1.165, 1.54) is 17.0 Å². The molecule has 8 nitrogen and oxygen atoms in total. The molecule has 9 heteroatoms. The van der Waals surface area contributed by atoms with Crippen molar-refractivity contribution in [1.82, 2.24) is 29.1 Å². The lowest BCUT2D eigenvalue weighted by Gasteiger charge is -2.22. The molecule has 0 spiro atoms. The molecule has 160 valence electrons. The molecule has 0 aliphatic heterocycles. The molecule has 0 amide bonds. The number of nitrogens with zero attached hydrogens (tertiary/aromatic N) is 6. The molecule has 1 atom stereocenters. The van der Waals surface area contributed by atoms with E-state index in [1.54, 1.807) is 35.2 Å². The van der Waals surface area contributed by atoms with Crippen molar-refractivity contribution in [3.8, 4) is 5.69 Å². The Balaban J connectivity index is 1.73. The predicted molar refractivity (Wildman–Crippen MR) is 120 cm³/mol. The van der Waals surface area contributed by atoms with Crippen LogP contribution in [0.4, 0.5) is 10.2 Å². The maximum atomic E-state index is 14.6. The van der Waals surface area contributed by atoms with Crippen LogP contribution in [-0.4, -0.2) is 29.1 Å². The fraction of sp³-hybridized carbons (Fsp3) is 0.174. The van der Waals surface area contributed by atoms with Gasteiger partial charge in [-0.25, -0.2) is 24.3 Å². The number of aromatic nitrogens is 6. The van der Waals surface area contributed by atoms with Crippen LogP contribution in [0.25, 0.3) is 27.8 Å². The molecule has 0 bridgehead atoms. The highest BCUT2D eigenvalue weighted by molar-refractivity contribution is 5.83. The van der Waals surface area contributed by atoms with Gasteiger partial charge in [0.25, 0.3) is 5.56 Å². The van der Waals surface area contributed by atoms with Gasteiger partial charge in [0.2, 0.25) is 0 Å². The number of hydrogen-bond donors (Lipinski definition) is 1. The van der Waals surface area contributed by atoms with Crippen LogP contribution in [0.2, 0.25) is 0 Å². The third-order valence-corrected chi connectivity index (χ3v) is 5.42. The first-order valence-electron chi connectivity index (χ1n) is 10.2. The molecule has 0 aliphatic rings. The first-order chi connectivity index (χ1) is 15.6. The van der Waals surface area contributed by atoms with Crippen molar-refractivity contribution in [2.45, 2.75) is 19.4 Å². The highest BCUT2D eigenvalue weighted by atomic mass is 19.1. The first-order valence-corrected chi connectivity index (χ1v) is 10.2. The largest absolute Gasteiger partial charge is 0.358 e. The quantitative estimate of drug-likeness (QED) is 0.457. The van der Waals surface area contributed by atoms with Crippen molar-refractivity contribution in [3.63, 3.8) is 0 Å². The molecule has 0 radical (unpaired) electrons. The number of hydrogen-bond acceptors (Lipinski definition) is 6. The van der Waals surface area contributed by atoms with Crippen LogP contribution < -0.4 is 10.9 Å². The van der Waals surface area contributed by atoms with E-state index in [9.17, 15) is 9.18 Å². The van der Waals surface area contributed by atoms with E-state index < -0.39 is 17.4 Å². The van der Waals surface area contributed by atoms with E-state index in [4.69, 9.17) is 4.98 Å². The molecule has 32 heavy (non-hydrogen) atoms. The molecule has 0 unspecified atom stereocenters. The summed E-state index contributed by atoms with van der Waals surface area (Å²) in [4.78, 5) is 31.2. The average Bonchev–Trinajstić information content (AvgIpc) is 3.19. The van der Waals surface area contributed by atoms with Gasteiger partial charge < -0.3 is 9.88 Å². The molecule has 0 saturated heterocycles. The van der Waals surface area contributed by atoms with Crippen molar-refractivity contribution >= 4 is 27.9 Å². The highest BCUT2D eigenvalue weighted by Gasteiger charge is 2.23. The Morgan fingerprint density at radius 1 is 1.06 bits per heavy atom. The van der Waals surface area contributed by atoms with E-state index in [2.05, 4.69) is 20.3 Å². The van der Waals surface area contributed by atoms with Crippen molar-refractivity contribution in [3.05, 3.63) is 83.2 Å². The van der Waals surface area contributed by atoms with Gasteiger partial charge in [-0.15, -0.1) is 0 Å². The summed E-state index contributed by atoms with van der Waals surface area (Å²) in [5, 5.41) is 3.34. The number of fused-ring (bicyclic) bond motifs is 2. The lowest BCUT2D eigenvalue weighted by atomic mass is 10.1. The molecule has 0 saturated carbocycles. The summed E-state index contributed by atoms with van der Waals surface area (Å²) in [5.74, 6) is 0.406. The molecule has 3 heterocycles. The number of rotatable bonds is 5. The normalized spacial score (nSPS) is 12.3. The Labute approximate surface area is 182 Å². The van der Waals surface area contributed by atoms with Crippen LogP contribution in [0.3, 0.4) is 0 Å².